The molecule has 0 spiro atoms. The van der Waals surface area contributed by atoms with Crippen molar-refractivity contribution in [2.45, 2.75) is 20.3 Å². The van der Waals surface area contributed by atoms with E-state index in [4.69, 9.17) is 4.74 Å². The molecule has 2 rings (SSSR count). The van der Waals surface area contributed by atoms with Gasteiger partial charge in [0.2, 0.25) is 5.91 Å². The van der Waals surface area contributed by atoms with Gasteiger partial charge in [0.15, 0.2) is 0 Å². The second-order valence-corrected chi connectivity index (χ2v) is 7.16. The number of hydrogen-bond acceptors (Lipinski definition) is 4. The van der Waals surface area contributed by atoms with Gasteiger partial charge in [0.1, 0.15) is 5.75 Å². The van der Waals surface area contributed by atoms with Gasteiger partial charge in [0, 0.05) is 18.5 Å². The number of ether oxygens (including phenoxy) is 1. The molecule has 0 aliphatic heterocycles. The summed E-state index contributed by atoms with van der Waals surface area (Å²) in [6, 6.07) is 11.5. The monoisotopic (exact) mass is 360 g/mol. The van der Waals surface area contributed by atoms with Crippen LogP contribution in [0, 0.1) is 13.8 Å². The van der Waals surface area contributed by atoms with E-state index in [1.807, 2.05) is 44.2 Å². The van der Waals surface area contributed by atoms with Crippen molar-refractivity contribution in [1.29, 1.82) is 0 Å². The van der Waals surface area contributed by atoms with E-state index in [1.165, 1.54) is 11.3 Å². The first-order valence-corrected chi connectivity index (χ1v) is 9.06. The zero-order valence-electron chi connectivity index (χ0n) is 14.9. The fraction of sp³-hybridized carbons (Fsp3) is 0.368. The Morgan fingerprint density at radius 2 is 1.92 bits per heavy atom. The average molecular weight is 360 g/mol. The first-order valence-electron chi connectivity index (χ1n) is 8.24. The molecule has 2 amide bonds. The lowest BCUT2D eigenvalue weighted by Crippen LogP contribution is -2.38. The van der Waals surface area contributed by atoms with E-state index in [0.29, 0.717) is 18.0 Å². The van der Waals surface area contributed by atoms with Gasteiger partial charge in [-0.3, -0.25) is 9.59 Å². The fourth-order valence-corrected chi connectivity index (χ4v) is 3.05. The van der Waals surface area contributed by atoms with Crippen LogP contribution >= 0.6 is 11.3 Å². The van der Waals surface area contributed by atoms with E-state index in [0.717, 1.165) is 22.6 Å². The van der Waals surface area contributed by atoms with Crippen molar-refractivity contribution in [3.63, 3.8) is 0 Å². The van der Waals surface area contributed by atoms with Gasteiger partial charge >= 0.3 is 0 Å². The molecule has 2 aromatic rings. The first-order chi connectivity index (χ1) is 12.0. The summed E-state index contributed by atoms with van der Waals surface area (Å²) in [4.78, 5) is 27.3. The van der Waals surface area contributed by atoms with Gasteiger partial charge in [-0.05, 0) is 44.0 Å². The largest absolute Gasteiger partial charge is 0.493 e. The van der Waals surface area contributed by atoms with E-state index in [1.54, 1.807) is 18.0 Å². The van der Waals surface area contributed by atoms with Crippen LogP contribution in [0.4, 0.5) is 0 Å². The second-order valence-electron chi connectivity index (χ2n) is 5.88. The standard InChI is InChI=1S/C19H24N2O3S/c1-14-7-4-5-8-16(14)24-12-6-11-21(3)18(22)13-20-19(23)17-10-9-15(2)25-17/h4-5,7-10H,6,11-13H2,1-3H3,(H,20,23). The quantitative estimate of drug-likeness (QED) is 0.736. The normalized spacial score (nSPS) is 10.4. The number of nitrogens with one attached hydrogen (secondary N) is 1. The molecule has 0 fully saturated rings. The zero-order valence-corrected chi connectivity index (χ0v) is 15.7. The maximum atomic E-state index is 12.1. The second kappa shape index (κ2) is 9.22. The first kappa shape index (κ1) is 19.0. The molecule has 134 valence electrons. The predicted molar refractivity (Wildman–Crippen MR) is 100 cm³/mol. The van der Waals surface area contributed by atoms with Gasteiger partial charge < -0.3 is 15.0 Å². The highest BCUT2D eigenvalue weighted by Crippen LogP contribution is 2.16. The molecule has 1 N–H and O–H groups in total. The third kappa shape index (κ3) is 5.90. The molecule has 6 heteroatoms. The maximum Gasteiger partial charge on any atom is 0.261 e. The third-order valence-electron chi connectivity index (χ3n) is 3.78. The maximum absolute atomic E-state index is 12.1. The molecule has 0 unspecified atom stereocenters. The minimum atomic E-state index is -0.206. The third-order valence-corrected chi connectivity index (χ3v) is 4.78. The number of benzene rings is 1. The molecule has 0 bridgehead atoms. The number of aryl methyl sites for hydroxylation is 2. The van der Waals surface area contributed by atoms with Crippen molar-refractivity contribution in [3.05, 3.63) is 51.7 Å². The van der Waals surface area contributed by atoms with Gasteiger partial charge in [0.25, 0.3) is 5.91 Å². The Balaban J connectivity index is 1.66. The topological polar surface area (TPSA) is 58.6 Å². The van der Waals surface area contributed by atoms with Crippen LogP contribution in [0.5, 0.6) is 5.75 Å². The molecule has 25 heavy (non-hydrogen) atoms. The lowest BCUT2D eigenvalue weighted by molar-refractivity contribution is -0.128. The van der Waals surface area contributed by atoms with Crippen LogP contribution in [0.1, 0.15) is 26.5 Å². The highest BCUT2D eigenvalue weighted by atomic mass is 32.1. The van der Waals surface area contributed by atoms with Crippen molar-refractivity contribution in [3.8, 4) is 5.75 Å². The molecule has 5 nitrogen and oxygen atoms in total. The Morgan fingerprint density at radius 3 is 2.60 bits per heavy atom. The molecule has 1 aromatic carbocycles. The Morgan fingerprint density at radius 1 is 1.16 bits per heavy atom. The molecule has 0 saturated carbocycles. The van der Waals surface area contributed by atoms with Gasteiger partial charge in [0.05, 0.1) is 18.0 Å². The zero-order chi connectivity index (χ0) is 18.2. The van der Waals surface area contributed by atoms with Crippen molar-refractivity contribution in [2.75, 3.05) is 26.7 Å². The smallest absolute Gasteiger partial charge is 0.261 e. The lowest BCUT2D eigenvalue weighted by atomic mass is 10.2. The van der Waals surface area contributed by atoms with E-state index >= 15 is 0 Å². The van der Waals surface area contributed by atoms with Crippen LogP contribution in [0.3, 0.4) is 0 Å². The molecule has 0 aliphatic carbocycles. The van der Waals surface area contributed by atoms with Gasteiger partial charge in [-0.15, -0.1) is 11.3 Å². The van der Waals surface area contributed by atoms with E-state index < -0.39 is 0 Å². The summed E-state index contributed by atoms with van der Waals surface area (Å²) in [5.74, 6) is 0.551. The van der Waals surface area contributed by atoms with Crippen LogP contribution in [0.2, 0.25) is 0 Å². The number of amides is 2. The highest BCUT2D eigenvalue weighted by molar-refractivity contribution is 7.13. The molecule has 0 atom stereocenters. The number of carbonyl (C=O) groups excluding carboxylic acids is 2. The highest BCUT2D eigenvalue weighted by Gasteiger charge is 2.12. The van der Waals surface area contributed by atoms with Crippen LogP contribution in [-0.4, -0.2) is 43.5 Å². The Hall–Kier alpha value is -2.34. The van der Waals surface area contributed by atoms with Crippen molar-refractivity contribution >= 4 is 23.2 Å². The lowest BCUT2D eigenvalue weighted by Gasteiger charge is -2.17. The molecule has 0 radical (unpaired) electrons. The van der Waals surface area contributed by atoms with Gasteiger partial charge in [-0.1, -0.05) is 18.2 Å². The number of carbonyl (C=O) groups is 2. The molecular weight excluding hydrogens is 336 g/mol. The SMILES string of the molecule is Cc1ccc(C(=O)NCC(=O)N(C)CCCOc2ccccc2C)s1. The predicted octanol–water partition coefficient (Wildman–Crippen LogP) is 3.02. The van der Waals surface area contributed by atoms with E-state index in [9.17, 15) is 9.59 Å². The number of para-hydroxylation sites is 1. The number of hydrogen-bond donors (Lipinski definition) is 1. The number of nitrogens with zero attached hydrogens (tertiary/aromatic N) is 1. The fourth-order valence-electron chi connectivity index (χ4n) is 2.26. The Kier molecular flexibility index (Phi) is 7.01. The molecule has 1 aromatic heterocycles. The van der Waals surface area contributed by atoms with Gasteiger partial charge in [-0.2, -0.15) is 0 Å². The summed E-state index contributed by atoms with van der Waals surface area (Å²) in [6.45, 7) is 5.08. The van der Waals surface area contributed by atoms with Crippen LogP contribution in [0.15, 0.2) is 36.4 Å². The number of likely N-dealkylation sites (N-methyl/N-ethyl adjacent to an activating group) is 1. The Bertz CT molecular complexity index is 727. The van der Waals surface area contributed by atoms with Crippen LogP contribution in [0.25, 0.3) is 0 Å². The number of rotatable bonds is 8. The minimum absolute atomic E-state index is 0.00489. The van der Waals surface area contributed by atoms with Gasteiger partial charge in [-0.25, -0.2) is 0 Å². The molecular formula is C19H24N2O3S. The summed E-state index contributed by atoms with van der Waals surface area (Å²) in [5.41, 5.74) is 1.10. The molecule has 1 heterocycles. The summed E-state index contributed by atoms with van der Waals surface area (Å²) in [6.07, 6.45) is 0.731. The average Bonchev–Trinajstić information content (AvgIpc) is 3.04. The summed E-state index contributed by atoms with van der Waals surface area (Å²) < 4.78 is 5.72. The van der Waals surface area contributed by atoms with Crippen molar-refractivity contribution < 1.29 is 14.3 Å². The van der Waals surface area contributed by atoms with Crippen LogP contribution in [-0.2, 0) is 4.79 Å². The number of thiophene rings is 1. The van der Waals surface area contributed by atoms with E-state index in [2.05, 4.69) is 5.32 Å². The Labute approximate surface area is 152 Å². The molecule has 0 aliphatic rings. The summed E-state index contributed by atoms with van der Waals surface area (Å²) >= 11 is 1.42. The van der Waals surface area contributed by atoms with Crippen molar-refractivity contribution in [1.82, 2.24) is 10.2 Å². The molecule has 0 saturated heterocycles. The summed E-state index contributed by atoms with van der Waals surface area (Å²) in [7, 11) is 1.73. The summed E-state index contributed by atoms with van der Waals surface area (Å²) in [5, 5.41) is 2.67. The minimum Gasteiger partial charge on any atom is -0.493 e. The van der Waals surface area contributed by atoms with Crippen molar-refractivity contribution in [2.24, 2.45) is 0 Å². The van der Waals surface area contributed by atoms with Crippen LogP contribution < -0.4 is 10.1 Å². The van der Waals surface area contributed by atoms with E-state index in [-0.39, 0.29) is 18.4 Å².